The Balaban J connectivity index is 1.58. The maximum atomic E-state index is 12.1. The standard InChI is InChI=1S/C21H22N2O3/c1-14-4-9-19(15(2)10-14)20-11-17(22-23-20)12-21(24)26-13-16-5-7-18(25-3)8-6-16/h4-11H,12-13H2,1-3H3,(H,22,23). The first-order valence-corrected chi connectivity index (χ1v) is 8.45. The van der Waals surface area contributed by atoms with Crippen LogP contribution in [0.15, 0.2) is 48.5 Å². The van der Waals surface area contributed by atoms with E-state index in [1.54, 1.807) is 7.11 Å². The summed E-state index contributed by atoms with van der Waals surface area (Å²) in [4.78, 5) is 12.1. The first-order chi connectivity index (χ1) is 12.5. The van der Waals surface area contributed by atoms with Gasteiger partial charge in [0.2, 0.25) is 0 Å². The molecule has 0 aliphatic carbocycles. The fourth-order valence-electron chi connectivity index (χ4n) is 2.78. The number of hydrogen-bond acceptors (Lipinski definition) is 4. The van der Waals surface area contributed by atoms with Gasteiger partial charge in [-0.3, -0.25) is 9.89 Å². The van der Waals surface area contributed by atoms with Gasteiger partial charge in [-0.25, -0.2) is 0 Å². The van der Waals surface area contributed by atoms with Gasteiger partial charge >= 0.3 is 5.97 Å². The molecule has 5 nitrogen and oxygen atoms in total. The van der Waals surface area contributed by atoms with Gasteiger partial charge in [0.25, 0.3) is 0 Å². The number of hydrogen-bond donors (Lipinski definition) is 1. The number of aromatic amines is 1. The molecule has 1 N–H and O–H groups in total. The fraction of sp³-hybridized carbons (Fsp3) is 0.238. The largest absolute Gasteiger partial charge is 0.497 e. The van der Waals surface area contributed by atoms with Gasteiger partial charge in [-0.1, -0.05) is 35.9 Å². The molecule has 0 fully saturated rings. The predicted octanol–water partition coefficient (Wildman–Crippen LogP) is 3.99. The average Bonchev–Trinajstić information content (AvgIpc) is 3.08. The number of aryl methyl sites for hydroxylation is 2. The molecule has 134 valence electrons. The van der Waals surface area contributed by atoms with E-state index in [9.17, 15) is 4.79 Å². The van der Waals surface area contributed by atoms with Crippen molar-refractivity contribution in [3.05, 3.63) is 70.9 Å². The minimum Gasteiger partial charge on any atom is -0.497 e. The number of ether oxygens (including phenoxy) is 2. The first kappa shape index (κ1) is 17.7. The van der Waals surface area contributed by atoms with Crippen LogP contribution in [-0.2, 0) is 22.6 Å². The van der Waals surface area contributed by atoms with Crippen molar-refractivity contribution in [1.82, 2.24) is 10.2 Å². The van der Waals surface area contributed by atoms with Crippen molar-refractivity contribution in [2.75, 3.05) is 7.11 Å². The Morgan fingerprint density at radius 1 is 1.08 bits per heavy atom. The topological polar surface area (TPSA) is 64.2 Å². The molecule has 0 spiro atoms. The second kappa shape index (κ2) is 7.87. The molecule has 0 atom stereocenters. The molecule has 1 heterocycles. The lowest BCUT2D eigenvalue weighted by Crippen LogP contribution is -2.08. The molecular formula is C21H22N2O3. The van der Waals surface area contributed by atoms with E-state index in [0.29, 0.717) is 0 Å². The molecule has 3 rings (SSSR count). The molecule has 0 saturated heterocycles. The van der Waals surface area contributed by atoms with E-state index in [1.807, 2.05) is 36.4 Å². The molecule has 0 aliphatic heterocycles. The number of esters is 1. The maximum absolute atomic E-state index is 12.1. The predicted molar refractivity (Wildman–Crippen MR) is 100.0 cm³/mol. The van der Waals surface area contributed by atoms with Crippen LogP contribution in [0.3, 0.4) is 0 Å². The van der Waals surface area contributed by atoms with Crippen LogP contribution in [-0.4, -0.2) is 23.3 Å². The Kier molecular flexibility index (Phi) is 5.37. The molecule has 0 radical (unpaired) electrons. The Hall–Kier alpha value is -3.08. The normalized spacial score (nSPS) is 10.6. The molecule has 26 heavy (non-hydrogen) atoms. The van der Waals surface area contributed by atoms with Gasteiger partial charge in [0.15, 0.2) is 0 Å². The van der Waals surface area contributed by atoms with Crippen LogP contribution in [0.25, 0.3) is 11.3 Å². The highest BCUT2D eigenvalue weighted by Gasteiger charge is 2.11. The van der Waals surface area contributed by atoms with Gasteiger partial charge in [0, 0.05) is 11.3 Å². The lowest BCUT2D eigenvalue weighted by atomic mass is 10.0. The molecule has 0 amide bonds. The number of H-pyrrole nitrogens is 1. The van der Waals surface area contributed by atoms with Crippen LogP contribution in [0.4, 0.5) is 0 Å². The van der Waals surface area contributed by atoms with Gasteiger partial charge in [0.1, 0.15) is 12.4 Å². The Bertz CT molecular complexity index is 898. The maximum Gasteiger partial charge on any atom is 0.312 e. The summed E-state index contributed by atoms with van der Waals surface area (Å²) < 4.78 is 10.4. The quantitative estimate of drug-likeness (QED) is 0.683. The van der Waals surface area contributed by atoms with E-state index >= 15 is 0 Å². The van der Waals surface area contributed by atoms with Crippen LogP contribution >= 0.6 is 0 Å². The van der Waals surface area contributed by atoms with Crippen LogP contribution in [0.5, 0.6) is 5.75 Å². The molecule has 1 aromatic heterocycles. The monoisotopic (exact) mass is 350 g/mol. The van der Waals surface area contributed by atoms with E-state index in [4.69, 9.17) is 9.47 Å². The summed E-state index contributed by atoms with van der Waals surface area (Å²) in [7, 11) is 1.62. The fourth-order valence-corrected chi connectivity index (χ4v) is 2.78. The highest BCUT2D eigenvalue weighted by atomic mass is 16.5. The zero-order chi connectivity index (χ0) is 18.5. The molecule has 0 saturated carbocycles. The van der Waals surface area contributed by atoms with E-state index in [2.05, 4.69) is 36.2 Å². The van der Waals surface area contributed by atoms with E-state index in [1.165, 1.54) is 5.56 Å². The lowest BCUT2D eigenvalue weighted by molar-refractivity contribution is -0.144. The lowest BCUT2D eigenvalue weighted by Gasteiger charge is -2.05. The molecular weight excluding hydrogens is 328 g/mol. The zero-order valence-corrected chi connectivity index (χ0v) is 15.2. The zero-order valence-electron chi connectivity index (χ0n) is 15.2. The summed E-state index contributed by atoms with van der Waals surface area (Å²) in [6.45, 7) is 4.35. The number of methoxy groups -OCH3 is 1. The number of benzene rings is 2. The Morgan fingerprint density at radius 3 is 2.54 bits per heavy atom. The van der Waals surface area contributed by atoms with E-state index in [0.717, 1.165) is 33.8 Å². The molecule has 5 heteroatoms. The summed E-state index contributed by atoms with van der Waals surface area (Å²) in [5.41, 5.74) is 5.92. The number of carbonyl (C=O) groups is 1. The average molecular weight is 350 g/mol. The summed E-state index contributed by atoms with van der Waals surface area (Å²) >= 11 is 0. The van der Waals surface area contributed by atoms with E-state index < -0.39 is 0 Å². The van der Waals surface area contributed by atoms with Crippen molar-refractivity contribution >= 4 is 5.97 Å². The molecule has 0 unspecified atom stereocenters. The third kappa shape index (κ3) is 4.30. The van der Waals surface area contributed by atoms with Crippen LogP contribution in [0.1, 0.15) is 22.4 Å². The number of nitrogens with zero attached hydrogens (tertiary/aromatic N) is 1. The van der Waals surface area contributed by atoms with Crippen LogP contribution < -0.4 is 4.74 Å². The third-order valence-corrected chi connectivity index (χ3v) is 4.18. The molecule has 2 aromatic carbocycles. The van der Waals surface area contributed by atoms with Gasteiger partial charge in [0.05, 0.1) is 19.2 Å². The second-order valence-electron chi connectivity index (χ2n) is 6.28. The van der Waals surface area contributed by atoms with Crippen molar-refractivity contribution in [2.24, 2.45) is 0 Å². The molecule has 0 bridgehead atoms. The number of nitrogens with one attached hydrogen (secondary N) is 1. The third-order valence-electron chi connectivity index (χ3n) is 4.18. The van der Waals surface area contributed by atoms with E-state index in [-0.39, 0.29) is 19.0 Å². The van der Waals surface area contributed by atoms with Crippen molar-refractivity contribution in [2.45, 2.75) is 26.9 Å². The number of carbonyl (C=O) groups excluding carboxylic acids is 1. The SMILES string of the molecule is COc1ccc(COC(=O)Cc2cc(-c3ccc(C)cc3C)n[nH]2)cc1. The van der Waals surface area contributed by atoms with Gasteiger partial charge in [-0.05, 0) is 43.2 Å². The number of rotatable bonds is 6. The van der Waals surface area contributed by atoms with Crippen molar-refractivity contribution in [3.63, 3.8) is 0 Å². The van der Waals surface area contributed by atoms with Crippen molar-refractivity contribution in [3.8, 4) is 17.0 Å². The summed E-state index contributed by atoms with van der Waals surface area (Å²) in [5.74, 6) is 0.480. The summed E-state index contributed by atoms with van der Waals surface area (Å²) in [6, 6.07) is 15.6. The van der Waals surface area contributed by atoms with Gasteiger partial charge in [-0.2, -0.15) is 5.10 Å². The van der Waals surface area contributed by atoms with Crippen LogP contribution in [0, 0.1) is 13.8 Å². The van der Waals surface area contributed by atoms with Crippen molar-refractivity contribution < 1.29 is 14.3 Å². The minimum absolute atomic E-state index is 0.161. The van der Waals surface area contributed by atoms with Gasteiger partial charge in [-0.15, -0.1) is 0 Å². The second-order valence-corrected chi connectivity index (χ2v) is 6.28. The Morgan fingerprint density at radius 2 is 1.85 bits per heavy atom. The number of aromatic nitrogens is 2. The molecule has 3 aromatic rings. The summed E-state index contributed by atoms with van der Waals surface area (Å²) in [5, 5.41) is 7.24. The Labute approximate surface area is 153 Å². The highest BCUT2D eigenvalue weighted by molar-refractivity contribution is 5.73. The smallest absolute Gasteiger partial charge is 0.312 e. The van der Waals surface area contributed by atoms with Crippen LogP contribution in [0.2, 0.25) is 0 Å². The highest BCUT2D eigenvalue weighted by Crippen LogP contribution is 2.23. The van der Waals surface area contributed by atoms with Crippen molar-refractivity contribution in [1.29, 1.82) is 0 Å². The minimum atomic E-state index is -0.295. The molecule has 0 aliphatic rings. The summed E-state index contributed by atoms with van der Waals surface area (Å²) in [6.07, 6.45) is 0.161. The first-order valence-electron chi connectivity index (χ1n) is 8.45. The van der Waals surface area contributed by atoms with Gasteiger partial charge < -0.3 is 9.47 Å².